The number of carbonyl (C=O) groups is 1. The van der Waals surface area contributed by atoms with E-state index < -0.39 is 23.3 Å². The Morgan fingerprint density at radius 3 is 2.64 bits per heavy atom. The molecule has 0 bridgehead atoms. The number of hydrogen-bond donors (Lipinski definition) is 0. The molecule has 2 heterocycles. The fraction of sp³-hybridized carbons (Fsp3) is 0.286. The minimum atomic E-state index is -4.73. The molecule has 0 aliphatic heterocycles. The molecule has 0 saturated carbocycles. The van der Waals surface area contributed by atoms with Gasteiger partial charge in [0.05, 0.1) is 7.11 Å². The number of aromatic nitrogens is 2. The summed E-state index contributed by atoms with van der Waals surface area (Å²) in [6.07, 6.45) is -0.947. The van der Waals surface area contributed by atoms with Gasteiger partial charge < -0.3 is 9.64 Å². The number of fused-ring (bicyclic) bond motifs is 1. The second-order valence-corrected chi connectivity index (χ2v) is 4.75. The zero-order valence-corrected chi connectivity index (χ0v) is 12.2. The number of hydrogen-bond acceptors (Lipinski definition) is 4. The number of allylic oxidation sites excluding steroid dienone is 1. The summed E-state index contributed by atoms with van der Waals surface area (Å²) in [6, 6.07) is 2.79. The number of alkyl halides is 3. The number of pyridine rings is 1. The second kappa shape index (κ2) is 5.70. The number of carbonyl (C=O) groups excluding carboxylic acids is 1. The van der Waals surface area contributed by atoms with Gasteiger partial charge in [-0.15, -0.1) is 0 Å². The lowest BCUT2D eigenvalue weighted by Gasteiger charge is -2.06. The smallest absolute Gasteiger partial charge is 0.435 e. The predicted molar refractivity (Wildman–Crippen MR) is 73.9 cm³/mol. The van der Waals surface area contributed by atoms with Crippen LogP contribution in [0.4, 0.5) is 13.2 Å². The first-order valence-electron chi connectivity index (χ1n) is 6.26. The zero-order valence-electron chi connectivity index (χ0n) is 12.2. The van der Waals surface area contributed by atoms with Crippen LogP contribution in [0.2, 0.25) is 0 Å². The quantitative estimate of drug-likeness (QED) is 0.643. The number of ketones is 1. The number of ether oxygens (including phenoxy) is 1. The Bertz CT molecular complexity index is 733. The Balaban J connectivity index is 2.65. The van der Waals surface area contributed by atoms with Gasteiger partial charge >= 0.3 is 6.18 Å². The van der Waals surface area contributed by atoms with Crippen molar-refractivity contribution in [3.8, 4) is 5.75 Å². The molecule has 0 saturated heterocycles. The molecule has 118 valence electrons. The van der Waals surface area contributed by atoms with Gasteiger partial charge in [-0.2, -0.15) is 13.2 Å². The lowest BCUT2D eigenvalue weighted by molar-refractivity contribution is -0.141. The highest BCUT2D eigenvalue weighted by Crippen LogP contribution is 2.33. The van der Waals surface area contributed by atoms with E-state index >= 15 is 0 Å². The van der Waals surface area contributed by atoms with Gasteiger partial charge in [-0.1, -0.05) is 0 Å². The number of halogens is 3. The number of methoxy groups -OCH3 is 1. The van der Waals surface area contributed by atoms with Crippen LogP contribution in [0.5, 0.6) is 5.75 Å². The number of nitrogens with zero attached hydrogens (tertiary/aromatic N) is 3. The largest absolute Gasteiger partial charge is 0.497 e. The molecule has 5 nitrogen and oxygen atoms in total. The van der Waals surface area contributed by atoms with Gasteiger partial charge in [0.2, 0.25) is 5.78 Å². The Morgan fingerprint density at radius 1 is 1.41 bits per heavy atom. The first-order valence-corrected chi connectivity index (χ1v) is 6.26. The molecule has 2 rings (SSSR count). The topological polar surface area (TPSA) is 46.8 Å². The average molecular weight is 313 g/mol. The van der Waals surface area contributed by atoms with Gasteiger partial charge in [0.25, 0.3) is 0 Å². The van der Waals surface area contributed by atoms with E-state index in [2.05, 4.69) is 4.98 Å². The van der Waals surface area contributed by atoms with Gasteiger partial charge in [-0.25, -0.2) is 4.98 Å². The minimum absolute atomic E-state index is 0.00622. The van der Waals surface area contributed by atoms with Crippen molar-refractivity contribution in [1.82, 2.24) is 14.3 Å². The normalized spacial score (nSPS) is 12.1. The van der Waals surface area contributed by atoms with Crippen LogP contribution in [0.15, 0.2) is 30.6 Å². The van der Waals surface area contributed by atoms with Crippen LogP contribution in [-0.2, 0) is 6.18 Å². The van der Waals surface area contributed by atoms with Crippen molar-refractivity contribution in [2.24, 2.45) is 0 Å². The fourth-order valence-electron chi connectivity index (χ4n) is 1.88. The van der Waals surface area contributed by atoms with Gasteiger partial charge in [-0.05, 0) is 6.07 Å². The SMILES string of the molecule is COc1ccn2c(C(=O)C=CN(C)C)c(C(F)(F)F)nc2c1. The summed E-state index contributed by atoms with van der Waals surface area (Å²) in [7, 11) is 4.72. The molecule has 0 radical (unpaired) electrons. The molecule has 0 atom stereocenters. The summed E-state index contributed by atoms with van der Waals surface area (Å²) in [5.41, 5.74) is -1.74. The Hall–Kier alpha value is -2.51. The van der Waals surface area contributed by atoms with E-state index in [1.165, 1.54) is 31.6 Å². The van der Waals surface area contributed by atoms with Crippen LogP contribution in [-0.4, -0.2) is 41.3 Å². The van der Waals surface area contributed by atoms with E-state index in [1.54, 1.807) is 19.0 Å². The summed E-state index contributed by atoms with van der Waals surface area (Å²) in [4.78, 5) is 17.2. The van der Waals surface area contributed by atoms with E-state index in [9.17, 15) is 18.0 Å². The molecule has 0 aliphatic carbocycles. The zero-order chi connectivity index (χ0) is 16.5. The molecule has 0 amide bonds. The molecule has 22 heavy (non-hydrogen) atoms. The molecular formula is C14H14F3N3O2. The van der Waals surface area contributed by atoms with Crippen LogP contribution >= 0.6 is 0 Å². The van der Waals surface area contributed by atoms with E-state index in [0.717, 1.165) is 10.5 Å². The predicted octanol–water partition coefficient (Wildman–Crippen LogP) is 2.62. The van der Waals surface area contributed by atoms with Crippen molar-refractivity contribution in [2.45, 2.75) is 6.18 Å². The molecule has 0 N–H and O–H groups in total. The lowest BCUT2D eigenvalue weighted by atomic mass is 10.2. The maximum Gasteiger partial charge on any atom is 0.435 e. The number of imidazole rings is 1. The Morgan fingerprint density at radius 2 is 2.09 bits per heavy atom. The van der Waals surface area contributed by atoms with E-state index in [1.807, 2.05) is 0 Å². The highest BCUT2D eigenvalue weighted by molar-refractivity contribution is 6.04. The molecule has 0 fully saturated rings. The van der Waals surface area contributed by atoms with Crippen molar-refractivity contribution in [1.29, 1.82) is 0 Å². The van der Waals surface area contributed by atoms with Crippen molar-refractivity contribution < 1.29 is 22.7 Å². The van der Waals surface area contributed by atoms with Gasteiger partial charge in [0.1, 0.15) is 17.1 Å². The van der Waals surface area contributed by atoms with E-state index in [4.69, 9.17) is 4.74 Å². The summed E-state index contributed by atoms with van der Waals surface area (Å²) >= 11 is 0. The maximum absolute atomic E-state index is 13.1. The van der Waals surface area contributed by atoms with Crippen LogP contribution < -0.4 is 4.74 Å². The molecule has 0 aromatic carbocycles. The van der Waals surface area contributed by atoms with Crippen molar-refractivity contribution in [2.75, 3.05) is 21.2 Å². The lowest BCUT2D eigenvalue weighted by Crippen LogP contribution is -2.14. The Kier molecular flexibility index (Phi) is 4.11. The van der Waals surface area contributed by atoms with Gasteiger partial charge in [-0.3, -0.25) is 9.20 Å². The van der Waals surface area contributed by atoms with Crippen molar-refractivity contribution in [3.63, 3.8) is 0 Å². The van der Waals surface area contributed by atoms with Crippen molar-refractivity contribution >= 4 is 11.4 Å². The third-order valence-corrected chi connectivity index (χ3v) is 2.86. The van der Waals surface area contributed by atoms with Crippen LogP contribution in [0.25, 0.3) is 5.65 Å². The minimum Gasteiger partial charge on any atom is -0.497 e. The molecule has 0 unspecified atom stereocenters. The summed E-state index contributed by atoms with van der Waals surface area (Å²) in [5, 5.41) is 0. The van der Waals surface area contributed by atoms with Crippen molar-refractivity contribution in [3.05, 3.63) is 42.0 Å². The van der Waals surface area contributed by atoms with Gasteiger partial charge in [0.15, 0.2) is 5.69 Å². The second-order valence-electron chi connectivity index (χ2n) is 4.75. The highest BCUT2D eigenvalue weighted by Gasteiger charge is 2.39. The molecule has 2 aromatic rings. The molecular weight excluding hydrogens is 299 g/mol. The average Bonchev–Trinajstić information content (AvgIpc) is 2.83. The first-order chi connectivity index (χ1) is 10.2. The molecule has 8 heteroatoms. The molecule has 2 aromatic heterocycles. The summed E-state index contributed by atoms with van der Waals surface area (Å²) in [6.45, 7) is 0. The number of rotatable bonds is 4. The summed E-state index contributed by atoms with van der Waals surface area (Å²) in [5.74, 6) is -0.423. The third-order valence-electron chi connectivity index (χ3n) is 2.86. The van der Waals surface area contributed by atoms with Crippen LogP contribution in [0, 0.1) is 0 Å². The van der Waals surface area contributed by atoms with Crippen LogP contribution in [0.3, 0.4) is 0 Å². The first kappa shape index (κ1) is 15.9. The standard InChI is InChI=1S/C14H14F3N3O2/c1-19(2)6-5-10(21)12-13(14(15,16)17)18-11-8-9(22-3)4-7-20(11)12/h4-8H,1-3H3. The fourth-order valence-corrected chi connectivity index (χ4v) is 1.88. The van der Waals surface area contributed by atoms with Crippen LogP contribution in [0.1, 0.15) is 16.2 Å². The monoisotopic (exact) mass is 313 g/mol. The summed E-state index contributed by atoms with van der Waals surface area (Å²) < 4.78 is 45.5. The molecule has 0 spiro atoms. The Labute approximate surface area is 124 Å². The third kappa shape index (κ3) is 3.05. The highest BCUT2D eigenvalue weighted by atomic mass is 19.4. The van der Waals surface area contributed by atoms with Gasteiger partial charge in [0, 0.05) is 38.6 Å². The van der Waals surface area contributed by atoms with E-state index in [-0.39, 0.29) is 5.65 Å². The molecule has 0 aliphatic rings. The maximum atomic E-state index is 13.1. The van der Waals surface area contributed by atoms with E-state index in [0.29, 0.717) is 5.75 Å².